The van der Waals surface area contributed by atoms with E-state index in [1.807, 2.05) is 6.07 Å². The van der Waals surface area contributed by atoms with Crippen molar-refractivity contribution in [2.45, 2.75) is 13.0 Å². The van der Waals surface area contributed by atoms with Gasteiger partial charge in [0.15, 0.2) is 6.10 Å². The molecule has 2 aromatic rings. The van der Waals surface area contributed by atoms with E-state index in [2.05, 4.69) is 5.32 Å². The second kappa shape index (κ2) is 7.43. The van der Waals surface area contributed by atoms with E-state index in [1.165, 1.54) is 31.2 Å². The maximum Gasteiger partial charge on any atom is 0.338 e. The molecule has 0 saturated carbocycles. The van der Waals surface area contributed by atoms with E-state index in [1.54, 1.807) is 24.3 Å². The third kappa shape index (κ3) is 4.56. The van der Waals surface area contributed by atoms with Crippen LogP contribution in [0.25, 0.3) is 0 Å². The Labute approximate surface area is 138 Å². The fraction of sp³-hybridized carbons (Fsp3) is 0.118. The summed E-state index contributed by atoms with van der Waals surface area (Å²) in [6.07, 6.45) is -0.975. The number of esters is 1. The first kappa shape index (κ1) is 16.5. The van der Waals surface area contributed by atoms with Crippen LogP contribution >= 0.6 is 11.6 Å². The number of amides is 1. The normalized spacial score (nSPS) is 11.2. The van der Waals surface area contributed by atoms with Crippen molar-refractivity contribution in [3.05, 3.63) is 64.7 Å². The third-order valence-electron chi connectivity index (χ3n) is 2.99. The summed E-state index contributed by atoms with van der Waals surface area (Å²) in [4.78, 5) is 24.0. The molecular formula is C17H13ClN2O3. The highest BCUT2D eigenvalue weighted by Crippen LogP contribution is 2.15. The Morgan fingerprint density at radius 1 is 1.22 bits per heavy atom. The van der Waals surface area contributed by atoms with Gasteiger partial charge >= 0.3 is 5.97 Å². The number of ether oxygens (including phenoxy) is 1. The first-order valence-electron chi connectivity index (χ1n) is 6.77. The fourth-order valence-electron chi connectivity index (χ4n) is 1.77. The van der Waals surface area contributed by atoms with Gasteiger partial charge in [0.25, 0.3) is 5.91 Å². The number of hydrogen-bond acceptors (Lipinski definition) is 4. The molecule has 5 nitrogen and oxygen atoms in total. The van der Waals surface area contributed by atoms with Crippen LogP contribution in [0.5, 0.6) is 0 Å². The van der Waals surface area contributed by atoms with E-state index in [4.69, 9.17) is 21.6 Å². The molecule has 0 heterocycles. The van der Waals surface area contributed by atoms with E-state index in [9.17, 15) is 9.59 Å². The number of benzene rings is 2. The molecule has 0 aliphatic rings. The van der Waals surface area contributed by atoms with Gasteiger partial charge in [-0.05, 0) is 49.4 Å². The predicted octanol–water partition coefficient (Wildman–Crippen LogP) is 3.40. The van der Waals surface area contributed by atoms with Crippen molar-refractivity contribution in [1.82, 2.24) is 0 Å². The maximum atomic E-state index is 12.0. The summed E-state index contributed by atoms with van der Waals surface area (Å²) in [5.74, 6) is -1.10. The minimum Gasteiger partial charge on any atom is -0.449 e. The quantitative estimate of drug-likeness (QED) is 0.872. The first-order chi connectivity index (χ1) is 11.0. The lowest BCUT2D eigenvalue weighted by molar-refractivity contribution is -0.123. The highest BCUT2D eigenvalue weighted by atomic mass is 35.5. The Balaban J connectivity index is 1.97. The van der Waals surface area contributed by atoms with Crippen molar-refractivity contribution in [2.24, 2.45) is 0 Å². The van der Waals surface area contributed by atoms with Gasteiger partial charge in [-0.1, -0.05) is 17.7 Å². The molecule has 2 rings (SSSR count). The van der Waals surface area contributed by atoms with E-state index in [0.717, 1.165) is 0 Å². The Hall–Kier alpha value is -2.84. The number of hydrogen-bond donors (Lipinski definition) is 1. The zero-order chi connectivity index (χ0) is 16.8. The Morgan fingerprint density at radius 3 is 2.52 bits per heavy atom. The van der Waals surface area contributed by atoms with Crippen LogP contribution in [0.1, 0.15) is 22.8 Å². The van der Waals surface area contributed by atoms with Gasteiger partial charge in [-0.15, -0.1) is 0 Å². The van der Waals surface area contributed by atoms with Crippen LogP contribution in [0, 0.1) is 11.3 Å². The summed E-state index contributed by atoms with van der Waals surface area (Å²) < 4.78 is 5.11. The van der Waals surface area contributed by atoms with Gasteiger partial charge < -0.3 is 10.1 Å². The van der Waals surface area contributed by atoms with Gasteiger partial charge in [-0.3, -0.25) is 4.79 Å². The molecular weight excluding hydrogens is 316 g/mol. The molecule has 0 aliphatic carbocycles. The molecule has 0 spiro atoms. The van der Waals surface area contributed by atoms with E-state index in [0.29, 0.717) is 16.3 Å². The van der Waals surface area contributed by atoms with Crippen molar-refractivity contribution < 1.29 is 14.3 Å². The summed E-state index contributed by atoms with van der Waals surface area (Å²) in [6, 6.07) is 14.6. The second-order valence-corrected chi connectivity index (χ2v) is 5.17. The molecule has 1 amide bonds. The molecule has 0 unspecified atom stereocenters. The standard InChI is InChI=1S/C17H13ClN2O3/c1-11(16(21)20-15-4-2-3-14(18)9-15)23-17(22)13-7-5-12(10-19)6-8-13/h2-9,11H,1H3,(H,20,21)/t11-/m1/s1. The number of rotatable bonds is 4. The summed E-state index contributed by atoms with van der Waals surface area (Å²) in [7, 11) is 0. The Bertz CT molecular complexity index is 766. The van der Waals surface area contributed by atoms with Crippen molar-refractivity contribution in [3.8, 4) is 6.07 Å². The summed E-state index contributed by atoms with van der Waals surface area (Å²) in [5, 5.41) is 11.8. The van der Waals surface area contributed by atoms with Crippen LogP contribution in [0.2, 0.25) is 5.02 Å². The number of halogens is 1. The largest absolute Gasteiger partial charge is 0.449 e. The summed E-state index contributed by atoms with van der Waals surface area (Å²) in [6.45, 7) is 1.47. The van der Waals surface area contributed by atoms with Gasteiger partial charge in [0.2, 0.25) is 0 Å². The van der Waals surface area contributed by atoms with Crippen LogP contribution in [-0.4, -0.2) is 18.0 Å². The highest BCUT2D eigenvalue weighted by Gasteiger charge is 2.19. The molecule has 0 aromatic heterocycles. The molecule has 23 heavy (non-hydrogen) atoms. The smallest absolute Gasteiger partial charge is 0.338 e. The predicted molar refractivity (Wildman–Crippen MR) is 86.1 cm³/mol. The van der Waals surface area contributed by atoms with E-state index >= 15 is 0 Å². The Morgan fingerprint density at radius 2 is 1.91 bits per heavy atom. The number of nitrogens with zero attached hydrogens (tertiary/aromatic N) is 1. The molecule has 1 atom stereocenters. The zero-order valence-electron chi connectivity index (χ0n) is 12.2. The molecule has 0 radical (unpaired) electrons. The van der Waals surface area contributed by atoms with E-state index < -0.39 is 18.0 Å². The zero-order valence-corrected chi connectivity index (χ0v) is 13.0. The summed E-state index contributed by atoms with van der Waals surface area (Å²) >= 11 is 5.84. The number of nitrogens with one attached hydrogen (secondary N) is 1. The fourth-order valence-corrected chi connectivity index (χ4v) is 1.96. The second-order valence-electron chi connectivity index (χ2n) is 4.74. The monoisotopic (exact) mass is 328 g/mol. The average Bonchev–Trinajstić information content (AvgIpc) is 2.54. The van der Waals surface area contributed by atoms with Crippen LogP contribution in [0.3, 0.4) is 0 Å². The van der Waals surface area contributed by atoms with Crippen molar-refractivity contribution in [1.29, 1.82) is 5.26 Å². The van der Waals surface area contributed by atoms with Gasteiger partial charge in [0.1, 0.15) is 0 Å². The molecule has 116 valence electrons. The molecule has 6 heteroatoms. The lowest BCUT2D eigenvalue weighted by Gasteiger charge is -2.13. The number of carbonyl (C=O) groups is 2. The Kier molecular flexibility index (Phi) is 5.34. The van der Waals surface area contributed by atoms with Gasteiger partial charge in [0.05, 0.1) is 17.2 Å². The topological polar surface area (TPSA) is 79.2 Å². The molecule has 0 fully saturated rings. The van der Waals surface area contributed by atoms with E-state index in [-0.39, 0.29) is 5.56 Å². The molecule has 0 aliphatic heterocycles. The molecule has 1 N–H and O–H groups in total. The van der Waals surface area contributed by atoms with Gasteiger partial charge in [-0.2, -0.15) is 5.26 Å². The van der Waals surface area contributed by atoms with Crippen LogP contribution in [0.15, 0.2) is 48.5 Å². The summed E-state index contributed by atoms with van der Waals surface area (Å²) in [5.41, 5.74) is 1.23. The van der Waals surface area contributed by atoms with Crippen molar-refractivity contribution in [2.75, 3.05) is 5.32 Å². The minimum atomic E-state index is -0.975. The third-order valence-corrected chi connectivity index (χ3v) is 3.23. The van der Waals surface area contributed by atoms with Crippen LogP contribution in [0.4, 0.5) is 5.69 Å². The van der Waals surface area contributed by atoms with Crippen molar-refractivity contribution in [3.63, 3.8) is 0 Å². The van der Waals surface area contributed by atoms with Crippen LogP contribution < -0.4 is 5.32 Å². The SMILES string of the molecule is C[C@@H](OC(=O)c1ccc(C#N)cc1)C(=O)Nc1cccc(Cl)c1. The lowest BCUT2D eigenvalue weighted by Crippen LogP contribution is -2.30. The average molecular weight is 329 g/mol. The maximum absolute atomic E-state index is 12.0. The number of anilines is 1. The van der Waals surface area contributed by atoms with Gasteiger partial charge in [-0.25, -0.2) is 4.79 Å². The van der Waals surface area contributed by atoms with Gasteiger partial charge in [0, 0.05) is 10.7 Å². The van der Waals surface area contributed by atoms with Crippen LogP contribution in [-0.2, 0) is 9.53 Å². The number of nitriles is 1. The first-order valence-corrected chi connectivity index (χ1v) is 7.15. The van der Waals surface area contributed by atoms with Crippen molar-refractivity contribution >= 4 is 29.2 Å². The molecule has 0 saturated heterocycles. The minimum absolute atomic E-state index is 0.270. The highest BCUT2D eigenvalue weighted by molar-refractivity contribution is 6.30. The number of carbonyl (C=O) groups excluding carboxylic acids is 2. The molecule has 0 bridgehead atoms. The lowest BCUT2D eigenvalue weighted by atomic mass is 10.1. The molecule has 2 aromatic carbocycles.